The van der Waals surface area contributed by atoms with Crippen LogP contribution in [0.2, 0.25) is 0 Å². The fourth-order valence-corrected chi connectivity index (χ4v) is 3.20. The number of nitrogens with zero attached hydrogens (tertiary/aromatic N) is 2. The fraction of sp³-hybridized carbons (Fsp3) is 0.200. The number of fused-ring (bicyclic) bond motifs is 1. The number of ether oxygens (including phenoxy) is 1. The number of morpholine rings is 1. The Morgan fingerprint density at radius 1 is 0.920 bits per heavy atom. The van der Waals surface area contributed by atoms with Gasteiger partial charge >= 0.3 is 0 Å². The number of benzene rings is 1. The Balaban J connectivity index is 1.82. The number of hydrogen-bond acceptors (Lipinski definition) is 3. The normalized spacial score (nSPS) is 14.6. The van der Waals surface area contributed by atoms with Gasteiger partial charge in [0.2, 0.25) is 0 Å². The Labute approximate surface area is 145 Å². The van der Waals surface area contributed by atoms with Crippen LogP contribution in [0.5, 0.6) is 0 Å². The van der Waals surface area contributed by atoms with Gasteiger partial charge in [-0.15, -0.1) is 0 Å². The van der Waals surface area contributed by atoms with Gasteiger partial charge in [0.1, 0.15) is 5.69 Å². The number of carbonyl (C=O) groups excluding carboxylic acids is 2. The SMILES string of the molecule is O=C(C(=O)N1CCOCC1)c1c(-c2ccccc2)cc2ccccn12. The molecular weight excluding hydrogens is 316 g/mol. The second-order valence-electron chi connectivity index (χ2n) is 6.00. The van der Waals surface area contributed by atoms with E-state index in [2.05, 4.69) is 0 Å². The summed E-state index contributed by atoms with van der Waals surface area (Å²) in [5.74, 6) is -0.948. The minimum atomic E-state index is -0.480. The van der Waals surface area contributed by atoms with Crippen LogP contribution < -0.4 is 0 Å². The minimum absolute atomic E-state index is 0.415. The second-order valence-corrected chi connectivity index (χ2v) is 6.00. The molecule has 1 aliphatic rings. The standard InChI is InChI=1S/C20H18N2O3/c23-19(20(24)21-10-12-25-13-11-21)18-17(15-6-2-1-3-7-15)14-16-8-4-5-9-22(16)18/h1-9,14H,10-13H2. The van der Waals surface area contributed by atoms with Crippen molar-refractivity contribution in [2.45, 2.75) is 0 Å². The van der Waals surface area contributed by atoms with E-state index in [0.29, 0.717) is 32.0 Å². The van der Waals surface area contributed by atoms with Crippen LogP contribution in [0, 0.1) is 0 Å². The van der Waals surface area contributed by atoms with Gasteiger partial charge in [-0.3, -0.25) is 9.59 Å². The van der Waals surface area contributed by atoms with E-state index in [1.54, 1.807) is 9.30 Å². The molecular formula is C20H18N2O3. The van der Waals surface area contributed by atoms with E-state index in [9.17, 15) is 9.59 Å². The summed E-state index contributed by atoms with van der Waals surface area (Å²) in [5, 5.41) is 0. The van der Waals surface area contributed by atoms with E-state index in [1.165, 1.54) is 0 Å². The molecule has 4 rings (SSSR count). The molecule has 0 spiro atoms. The molecule has 1 aromatic carbocycles. The largest absolute Gasteiger partial charge is 0.378 e. The predicted molar refractivity (Wildman–Crippen MR) is 94.6 cm³/mol. The molecule has 1 aliphatic heterocycles. The molecule has 5 heteroatoms. The summed E-state index contributed by atoms with van der Waals surface area (Å²) >= 11 is 0. The smallest absolute Gasteiger partial charge is 0.296 e. The van der Waals surface area contributed by atoms with Crippen molar-refractivity contribution in [2.24, 2.45) is 0 Å². The van der Waals surface area contributed by atoms with Crippen molar-refractivity contribution in [3.05, 3.63) is 66.5 Å². The Kier molecular flexibility index (Phi) is 4.07. The zero-order valence-electron chi connectivity index (χ0n) is 13.7. The summed E-state index contributed by atoms with van der Waals surface area (Å²) in [7, 11) is 0. The molecule has 3 heterocycles. The highest BCUT2D eigenvalue weighted by molar-refractivity contribution is 6.43. The van der Waals surface area contributed by atoms with Crippen LogP contribution >= 0.6 is 0 Å². The van der Waals surface area contributed by atoms with Gasteiger partial charge in [0.15, 0.2) is 0 Å². The molecule has 0 N–H and O–H groups in total. The maximum absolute atomic E-state index is 13.1. The Bertz CT molecular complexity index is 925. The van der Waals surface area contributed by atoms with Crippen LogP contribution in [0.1, 0.15) is 10.5 Å². The number of ketones is 1. The topological polar surface area (TPSA) is 51.0 Å². The zero-order chi connectivity index (χ0) is 17.2. The summed E-state index contributed by atoms with van der Waals surface area (Å²) < 4.78 is 7.07. The van der Waals surface area contributed by atoms with Gasteiger partial charge in [-0.05, 0) is 23.8 Å². The molecule has 0 unspecified atom stereocenters. The quantitative estimate of drug-likeness (QED) is 0.546. The molecule has 0 radical (unpaired) electrons. The van der Waals surface area contributed by atoms with E-state index < -0.39 is 11.7 Å². The summed E-state index contributed by atoms with van der Waals surface area (Å²) in [6, 6.07) is 17.3. The molecule has 1 fully saturated rings. The maximum atomic E-state index is 13.1. The lowest BCUT2D eigenvalue weighted by Crippen LogP contribution is -2.44. The van der Waals surface area contributed by atoms with Crippen LogP contribution in [0.3, 0.4) is 0 Å². The van der Waals surface area contributed by atoms with Crippen molar-refractivity contribution < 1.29 is 14.3 Å². The molecule has 25 heavy (non-hydrogen) atoms. The molecule has 1 amide bonds. The average Bonchev–Trinajstić information content (AvgIpc) is 3.08. The van der Waals surface area contributed by atoms with Crippen molar-refractivity contribution >= 4 is 17.2 Å². The lowest BCUT2D eigenvalue weighted by atomic mass is 10.0. The summed E-state index contributed by atoms with van der Waals surface area (Å²) in [5.41, 5.74) is 3.00. The summed E-state index contributed by atoms with van der Waals surface area (Å²) in [6.45, 7) is 1.85. The monoisotopic (exact) mass is 334 g/mol. The number of aromatic nitrogens is 1. The summed E-state index contributed by atoms with van der Waals surface area (Å²) in [6.07, 6.45) is 1.82. The highest BCUT2D eigenvalue weighted by atomic mass is 16.5. The first kappa shape index (κ1) is 15.6. The van der Waals surface area contributed by atoms with Crippen molar-refractivity contribution in [1.82, 2.24) is 9.30 Å². The number of hydrogen-bond donors (Lipinski definition) is 0. The van der Waals surface area contributed by atoms with Crippen molar-refractivity contribution in [1.29, 1.82) is 0 Å². The molecule has 0 aliphatic carbocycles. The first-order valence-corrected chi connectivity index (χ1v) is 8.32. The highest BCUT2D eigenvalue weighted by Gasteiger charge is 2.29. The van der Waals surface area contributed by atoms with Crippen molar-refractivity contribution in [2.75, 3.05) is 26.3 Å². The molecule has 0 bridgehead atoms. The molecule has 126 valence electrons. The molecule has 1 saturated heterocycles. The first-order valence-electron chi connectivity index (χ1n) is 8.32. The number of carbonyl (C=O) groups is 2. The highest BCUT2D eigenvalue weighted by Crippen LogP contribution is 2.28. The Morgan fingerprint density at radius 2 is 1.64 bits per heavy atom. The average molecular weight is 334 g/mol. The summed E-state index contributed by atoms with van der Waals surface area (Å²) in [4.78, 5) is 27.4. The number of rotatable bonds is 3. The zero-order valence-corrected chi connectivity index (χ0v) is 13.7. The molecule has 3 aromatic rings. The van der Waals surface area contributed by atoms with Crippen LogP contribution in [-0.4, -0.2) is 47.3 Å². The first-order chi connectivity index (χ1) is 12.3. The van der Waals surface area contributed by atoms with E-state index in [4.69, 9.17) is 4.74 Å². The molecule has 0 atom stereocenters. The van der Waals surface area contributed by atoms with Crippen LogP contribution in [-0.2, 0) is 9.53 Å². The van der Waals surface area contributed by atoms with Gasteiger partial charge in [0.05, 0.1) is 13.2 Å². The lowest BCUT2D eigenvalue weighted by molar-refractivity contribution is -0.130. The van der Waals surface area contributed by atoms with Gasteiger partial charge in [0.25, 0.3) is 11.7 Å². The van der Waals surface area contributed by atoms with E-state index >= 15 is 0 Å². The van der Waals surface area contributed by atoms with Crippen molar-refractivity contribution in [3.63, 3.8) is 0 Å². The van der Waals surface area contributed by atoms with E-state index in [1.807, 2.05) is 60.8 Å². The Hall–Kier alpha value is -2.92. The van der Waals surface area contributed by atoms with Gasteiger partial charge in [-0.25, -0.2) is 0 Å². The fourth-order valence-electron chi connectivity index (χ4n) is 3.20. The minimum Gasteiger partial charge on any atom is -0.378 e. The molecule has 0 saturated carbocycles. The molecule has 2 aromatic heterocycles. The van der Waals surface area contributed by atoms with Crippen molar-refractivity contribution in [3.8, 4) is 11.1 Å². The van der Waals surface area contributed by atoms with Gasteiger partial charge in [-0.1, -0.05) is 36.4 Å². The third kappa shape index (κ3) is 2.83. The van der Waals surface area contributed by atoms with Gasteiger partial charge in [0, 0.05) is 30.4 Å². The third-order valence-corrected chi connectivity index (χ3v) is 4.47. The predicted octanol–water partition coefficient (Wildman–Crippen LogP) is 2.65. The molecule has 5 nitrogen and oxygen atoms in total. The maximum Gasteiger partial charge on any atom is 0.296 e. The van der Waals surface area contributed by atoms with Crippen LogP contribution in [0.4, 0.5) is 0 Å². The van der Waals surface area contributed by atoms with Gasteiger partial charge in [-0.2, -0.15) is 0 Å². The number of amides is 1. The number of pyridine rings is 1. The van der Waals surface area contributed by atoms with Crippen LogP contribution in [0.15, 0.2) is 60.8 Å². The van der Waals surface area contributed by atoms with Crippen LogP contribution in [0.25, 0.3) is 16.6 Å². The second kappa shape index (κ2) is 6.53. The lowest BCUT2D eigenvalue weighted by Gasteiger charge is -2.26. The van der Waals surface area contributed by atoms with Gasteiger partial charge < -0.3 is 14.0 Å². The Morgan fingerprint density at radius 3 is 2.40 bits per heavy atom. The third-order valence-electron chi connectivity index (χ3n) is 4.47. The van der Waals surface area contributed by atoms with E-state index in [-0.39, 0.29) is 0 Å². The number of Topliss-reactive ketones (excluding diaryl/α,β-unsaturated/α-hetero) is 1. The van der Waals surface area contributed by atoms with E-state index in [0.717, 1.165) is 16.6 Å².